The number of likely N-dealkylation sites (tertiary alicyclic amines) is 1. The molecule has 1 aliphatic rings. The van der Waals surface area contributed by atoms with E-state index in [0.717, 1.165) is 12.8 Å². The average Bonchev–Trinajstić information content (AvgIpc) is 2.68. The van der Waals surface area contributed by atoms with Gasteiger partial charge in [-0.2, -0.15) is 0 Å². The molecule has 1 aromatic heterocycles. The summed E-state index contributed by atoms with van der Waals surface area (Å²) in [6.07, 6.45) is 2.45. The first kappa shape index (κ1) is 21.3. The SMILES string of the molecule is Cc1cc(CCCc2ccccc2)oc(=O)c1C(=O)N1CC[C@H](O)[C@@H](N(C)C)C1. The summed E-state index contributed by atoms with van der Waals surface area (Å²) in [5.74, 6) is 0.297. The molecule has 1 saturated heterocycles. The van der Waals surface area contributed by atoms with Crippen molar-refractivity contribution in [1.29, 1.82) is 0 Å². The van der Waals surface area contributed by atoms with E-state index in [1.54, 1.807) is 11.8 Å². The van der Waals surface area contributed by atoms with Crippen LogP contribution in [0.5, 0.6) is 0 Å². The monoisotopic (exact) mass is 398 g/mol. The molecule has 1 aromatic carbocycles. The van der Waals surface area contributed by atoms with Gasteiger partial charge < -0.3 is 19.3 Å². The Morgan fingerprint density at radius 2 is 1.97 bits per heavy atom. The highest BCUT2D eigenvalue weighted by atomic mass is 16.4. The molecule has 6 nitrogen and oxygen atoms in total. The fraction of sp³-hybridized carbons (Fsp3) is 0.478. The molecular weight excluding hydrogens is 368 g/mol. The number of aliphatic hydroxyl groups excluding tert-OH is 1. The first-order chi connectivity index (χ1) is 13.9. The average molecular weight is 399 g/mol. The summed E-state index contributed by atoms with van der Waals surface area (Å²) in [7, 11) is 3.76. The Labute approximate surface area is 171 Å². The lowest BCUT2D eigenvalue weighted by Gasteiger charge is -2.39. The quantitative estimate of drug-likeness (QED) is 0.808. The molecule has 1 fully saturated rings. The van der Waals surface area contributed by atoms with Gasteiger partial charge in [0.25, 0.3) is 5.91 Å². The van der Waals surface area contributed by atoms with E-state index in [9.17, 15) is 14.7 Å². The minimum atomic E-state index is -0.572. The second kappa shape index (κ2) is 9.37. The molecule has 0 aliphatic carbocycles. The largest absolute Gasteiger partial charge is 0.427 e. The topological polar surface area (TPSA) is 74.0 Å². The molecular formula is C23H30N2O4. The Hall–Kier alpha value is -2.44. The van der Waals surface area contributed by atoms with Crippen LogP contribution in [0.15, 0.2) is 45.6 Å². The van der Waals surface area contributed by atoms with Gasteiger partial charge in [-0.3, -0.25) is 4.79 Å². The van der Waals surface area contributed by atoms with Gasteiger partial charge in [-0.05, 0) is 57.5 Å². The molecule has 1 amide bonds. The van der Waals surface area contributed by atoms with E-state index in [1.165, 1.54) is 5.56 Å². The second-order valence-electron chi connectivity index (χ2n) is 8.04. The zero-order chi connectivity index (χ0) is 21.0. The third kappa shape index (κ3) is 5.14. The van der Waals surface area contributed by atoms with Crippen molar-refractivity contribution in [2.24, 2.45) is 0 Å². The van der Waals surface area contributed by atoms with E-state index in [4.69, 9.17) is 4.42 Å². The van der Waals surface area contributed by atoms with E-state index in [-0.39, 0.29) is 17.5 Å². The minimum absolute atomic E-state index is 0.103. The normalized spacial score (nSPS) is 19.6. The van der Waals surface area contributed by atoms with E-state index < -0.39 is 11.7 Å². The zero-order valence-electron chi connectivity index (χ0n) is 17.4. The van der Waals surface area contributed by atoms with Crippen LogP contribution in [0.2, 0.25) is 0 Å². The third-order valence-corrected chi connectivity index (χ3v) is 5.64. The van der Waals surface area contributed by atoms with Crippen molar-refractivity contribution < 1.29 is 14.3 Å². The van der Waals surface area contributed by atoms with E-state index in [0.29, 0.717) is 37.3 Å². The van der Waals surface area contributed by atoms with Gasteiger partial charge in [-0.1, -0.05) is 30.3 Å². The third-order valence-electron chi connectivity index (χ3n) is 5.64. The Kier molecular flexibility index (Phi) is 6.87. The van der Waals surface area contributed by atoms with Crippen molar-refractivity contribution >= 4 is 5.91 Å². The Morgan fingerprint density at radius 3 is 2.62 bits per heavy atom. The Bertz CT molecular complexity index is 891. The number of benzene rings is 1. The van der Waals surface area contributed by atoms with Gasteiger partial charge in [0.1, 0.15) is 11.3 Å². The summed E-state index contributed by atoms with van der Waals surface area (Å²) in [5, 5.41) is 10.2. The Balaban J connectivity index is 1.68. The molecule has 3 rings (SSSR count). The highest BCUT2D eigenvalue weighted by Gasteiger charge is 2.33. The van der Waals surface area contributed by atoms with Crippen molar-refractivity contribution in [2.75, 3.05) is 27.2 Å². The van der Waals surface area contributed by atoms with Crippen LogP contribution in [0.1, 0.15) is 40.1 Å². The molecule has 0 bridgehead atoms. The van der Waals surface area contributed by atoms with Gasteiger partial charge in [0.15, 0.2) is 0 Å². The highest BCUT2D eigenvalue weighted by Crippen LogP contribution is 2.18. The predicted molar refractivity (Wildman–Crippen MR) is 112 cm³/mol. The fourth-order valence-corrected chi connectivity index (χ4v) is 3.93. The van der Waals surface area contributed by atoms with E-state index >= 15 is 0 Å². The molecule has 0 saturated carbocycles. The van der Waals surface area contributed by atoms with E-state index in [1.807, 2.05) is 43.3 Å². The predicted octanol–water partition coefficient (Wildman–Crippen LogP) is 2.26. The number of nitrogens with zero attached hydrogens (tertiary/aromatic N) is 2. The van der Waals surface area contributed by atoms with Crippen LogP contribution in [0.25, 0.3) is 0 Å². The van der Waals surface area contributed by atoms with Crippen LogP contribution in [0.3, 0.4) is 0 Å². The number of carbonyl (C=O) groups excluding carboxylic acids is 1. The minimum Gasteiger partial charge on any atom is -0.427 e. The number of piperidine rings is 1. The number of likely N-dealkylation sites (N-methyl/N-ethyl adjacent to an activating group) is 1. The molecule has 2 aromatic rings. The van der Waals surface area contributed by atoms with Gasteiger partial charge in [0.2, 0.25) is 0 Å². The van der Waals surface area contributed by atoms with Gasteiger partial charge in [-0.15, -0.1) is 0 Å². The number of aryl methyl sites for hydroxylation is 3. The molecule has 2 atom stereocenters. The van der Waals surface area contributed by atoms with Gasteiger partial charge in [0, 0.05) is 19.5 Å². The van der Waals surface area contributed by atoms with Crippen LogP contribution >= 0.6 is 0 Å². The number of carbonyl (C=O) groups is 1. The maximum absolute atomic E-state index is 13.0. The highest BCUT2D eigenvalue weighted by molar-refractivity contribution is 5.95. The number of rotatable bonds is 6. The number of aliphatic hydroxyl groups is 1. The smallest absolute Gasteiger partial charge is 0.349 e. The van der Waals surface area contributed by atoms with Gasteiger partial charge in [-0.25, -0.2) is 4.79 Å². The molecule has 0 radical (unpaired) electrons. The number of amides is 1. The molecule has 156 valence electrons. The standard InChI is InChI=1S/C23H30N2O4/c1-16-14-18(11-7-10-17-8-5-4-6-9-17)29-23(28)21(16)22(27)25-13-12-20(26)19(15-25)24(2)3/h4-6,8-9,14,19-20,26H,7,10-13,15H2,1-3H3/t19-,20-/m0/s1. The molecule has 0 unspecified atom stereocenters. The van der Waals surface area contributed by atoms with Crippen LogP contribution in [-0.2, 0) is 12.8 Å². The maximum Gasteiger partial charge on any atom is 0.349 e. The van der Waals surface area contributed by atoms with Crippen LogP contribution in [-0.4, -0.2) is 60.1 Å². The number of hydrogen-bond acceptors (Lipinski definition) is 5. The summed E-state index contributed by atoms with van der Waals surface area (Å²) in [6.45, 7) is 2.61. The maximum atomic E-state index is 13.0. The lowest BCUT2D eigenvalue weighted by Crippen LogP contribution is -2.55. The summed E-state index contributed by atoms with van der Waals surface area (Å²) < 4.78 is 5.47. The first-order valence-electron chi connectivity index (χ1n) is 10.2. The summed E-state index contributed by atoms with van der Waals surface area (Å²) in [6, 6.07) is 11.9. The zero-order valence-corrected chi connectivity index (χ0v) is 17.4. The van der Waals surface area contributed by atoms with Crippen molar-refractivity contribution in [3.05, 3.63) is 69.3 Å². The summed E-state index contributed by atoms with van der Waals surface area (Å²) >= 11 is 0. The van der Waals surface area contributed by atoms with Crippen LogP contribution in [0, 0.1) is 6.92 Å². The van der Waals surface area contributed by atoms with Crippen molar-refractivity contribution in [1.82, 2.24) is 9.80 Å². The molecule has 1 aliphatic heterocycles. The molecule has 2 heterocycles. The number of hydrogen-bond donors (Lipinski definition) is 1. The van der Waals surface area contributed by atoms with Gasteiger partial charge in [0.05, 0.1) is 12.1 Å². The fourth-order valence-electron chi connectivity index (χ4n) is 3.93. The van der Waals surface area contributed by atoms with Crippen molar-refractivity contribution in [2.45, 2.75) is 44.8 Å². The summed E-state index contributed by atoms with van der Waals surface area (Å²) in [5.41, 5.74) is 1.43. The molecule has 0 spiro atoms. The van der Waals surface area contributed by atoms with Crippen molar-refractivity contribution in [3.8, 4) is 0 Å². The Morgan fingerprint density at radius 1 is 1.24 bits per heavy atom. The van der Waals surface area contributed by atoms with Crippen LogP contribution in [0.4, 0.5) is 0 Å². The van der Waals surface area contributed by atoms with Gasteiger partial charge >= 0.3 is 5.63 Å². The molecule has 29 heavy (non-hydrogen) atoms. The summed E-state index contributed by atoms with van der Waals surface area (Å²) in [4.78, 5) is 29.1. The van der Waals surface area contributed by atoms with Crippen LogP contribution < -0.4 is 5.63 Å². The second-order valence-corrected chi connectivity index (χ2v) is 8.04. The molecule has 6 heteroatoms. The molecule has 1 N–H and O–H groups in total. The first-order valence-corrected chi connectivity index (χ1v) is 10.2. The lowest BCUT2D eigenvalue weighted by molar-refractivity contribution is 0.00866. The lowest BCUT2D eigenvalue weighted by atomic mass is 9.99. The van der Waals surface area contributed by atoms with E-state index in [2.05, 4.69) is 12.1 Å². The van der Waals surface area contributed by atoms with Crippen molar-refractivity contribution in [3.63, 3.8) is 0 Å².